The Morgan fingerprint density at radius 1 is 0.875 bits per heavy atom. The van der Waals surface area contributed by atoms with Crippen molar-refractivity contribution in [3.8, 4) is 0 Å². The predicted molar refractivity (Wildman–Crippen MR) is 97.7 cm³/mol. The molecule has 0 aromatic carbocycles. The van der Waals surface area contributed by atoms with E-state index in [-0.39, 0.29) is 12.0 Å². The number of esters is 2. The van der Waals surface area contributed by atoms with Gasteiger partial charge in [-0.2, -0.15) is 0 Å². The normalized spacial score (nSPS) is 14.1. The summed E-state index contributed by atoms with van der Waals surface area (Å²) in [6.07, 6.45) is 7.03. The molecule has 0 saturated carbocycles. The lowest BCUT2D eigenvalue weighted by Gasteiger charge is -2.30. The number of hydrogen-bond donors (Lipinski definition) is 0. The maximum Gasteiger partial charge on any atom is 0.323 e. The van der Waals surface area contributed by atoms with E-state index in [0.717, 1.165) is 25.7 Å². The lowest BCUT2D eigenvalue weighted by Crippen LogP contribution is -2.43. The molecule has 0 rings (SSSR count). The fourth-order valence-corrected chi connectivity index (χ4v) is 2.65. The zero-order valence-corrected chi connectivity index (χ0v) is 16.7. The summed E-state index contributed by atoms with van der Waals surface area (Å²) in [5.74, 6) is -0.587. The molecule has 0 spiro atoms. The second-order valence-corrected chi connectivity index (χ2v) is 6.84. The summed E-state index contributed by atoms with van der Waals surface area (Å²) in [5.41, 5.74) is -1.16. The van der Waals surface area contributed by atoms with Gasteiger partial charge in [-0.15, -0.1) is 0 Å². The SMILES string of the molecule is CCCCCCCOC(=O)C(CC)(CC)C(=O)OC(C)C(C)CC. The van der Waals surface area contributed by atoms with Gasteiger partial charge in [-0.1, -0.05) is 66.7 Å². The van der Waals surface area contributed by atoms with Gasteiger partial charge in [0, 0.05) is 0 Å². The van der Waals surface area contributed by atoms with Crippen LogP contribution in [0.1, 0.15) is 92.9 Å². The van der Waals surface area contributed by atoms with Crippen LogP contribution in [-0.4, -0.2) is 24.6 Å². The molecule has 0 fully saturated rings. The van der Waals surface area contributed by atoms with Crippen molar-refractivity contribution in [3.05, 3.63) is 0 Å². The van der Waals surface area contributed by atoms with Gasteiger partial charge in [-0.25, -0.2) is 0 Å². The van der Waals surface area contributed by atoms with Crippen molar-refractivity contribution in [3.63, 3.8) is 0 Å². The van der Waals surface area contributed by atoms with E-state index < -0.39 is 17.4 Å². The molecule has 0 aliphatic heterocycles. The van der Waals surface area contributed by atoms with E-state index in [9.17, 15) is 9.59 Å². The minimum Gasteiger partial charge on any atom is -0.465 e. The molecule has 0 bridgehead atoms. The van der Waals surface area contributed by atoms with Gasteiger partial charge in [-0.05, 0) is 32.1 Å². The number of ether oxygens (including phenoxy) is 2. The highest BCUT2D eigenvalue weighted by Crippen LogP contribution is 2.31. The van der Waals surface area contributed by atoms with Gasteiger partial charge in [0.2, 0.25) is 0 Å². The van der Waals surface area contributed by atoms with Crippen LogP contribution in [0.15, 0.2) is 0 Å². The van der Waals surface area contributed by atoms with Crippen molar-refractivity contribution in [2.45, 2.75) is 99.0 Å². The highest BCUT2D eigenvalue weighted by Gasteiger charge is 2.46. The van der Waals surface area contributed by atoms with Gasteiger partial charge in [0.15, 0.2) is 5.41 Å². The summed E-state index contributed by atoms with van der Waals surface area (Å²) in [6, 6.07) is 0. The van der Waals surface area contributed by atoms with E-state index in [2.05, 4.69) is 13.8 Å². The van der Waals surface area contributed by atoms with Crippen LogP contribution in [0.5, 0.6) is 0 Å². The third-order valence-electron chi connectivity index (χ3n) is 5.21. The second-order valence-electron chi connectivity index (χ2n) is 6.84. The molecule has 0 aromatic heterocycles. The zero-order valence-electron chi connectivity index (χ0n) is 16.7. The first-order valence-electron chi connectivity index (χ1n) is 9.77. The van der Waals surface area contributed by atoms with Crippen LogP contribution in [0.25, 0.3) is 0 Å². The fourth-order valence-electron chi connectivity index (χ4n) is 2.65. The molecular formula is C20H38O4. The summed E-state index contributed by atoms with van der Waals surface area (Å²) in [7, 11) is 0. The average Bonchev–Trinajstić information content (AvgIpc) is 2.58. The Morgan fingerprint density at radius 3 is 1.96 bits per heavy atom. The summed E-state index contributed by atoms with van der Waals surface area (Å²) in [5, 5.41) is 0. The molecule has 0 saturated heterocycles. The van der Waals surface area contributed by atoms with Crippen molar-refractivity contribution in [2.24, 2.45) is 11.3 Å². The van der Waals surface area contributed by atoms with Gasteiger partial charge in [-0.3, -0.25) is 9.59 Å². The standard InChI is InChI=1S/C20H38O4/c1-7-11-12-13-14-15-23-18(21)20(9-3,10-4)19(22)24-17(6)16(5)8-2/h16-17H,7-15H2,1-6H3. The van der Waals surface area contributed by atoms with Gasteiger partial charge in [0.25, 0.3) is 0 Å². The maximum atomic E-state index is 12.7. The lowest BCUT2D eigenvalue weighted by atomic mass is 9.82. The van der Waals surface area contributed by atoms with Gasteiger partial charge in [0.05, 0.1) is 6.61 Å². The Balaban J connectivity index is 4.66. The van der Waals surface area contributed by atoms with Crippen LogP contribution in [0.4, 0.5) is 0 Å². The van der Waals surface area contributed by atoms with Crippen molar-refractivity contribution >= 4 is 11.9 Å². The molecule has 0 amide bonds. The molecule has 0 aliphatic rings. The van der Waals surface area contributed by atoms with Gasteiger partial charge < -0.3 is 9.47 Å². The Hall–Kier alpha value is -1.06. The smallest absolute Gasteiger partial charge is 0.323 e. The van der Waals surface area contributed by atoms with E-state index >= 15 is 0 Å². The van der Waals surface area contributed by atoms with Crippen molar-refractivity contribution < 1.29 is 19.1 Å². The number of rotatable bonds is 13. The summed E-state index contributed by atoms with van der Waals surface area (Å²) < 4.78 is 11.0. The monoisotopic (exact) mass is 342 g/mol. The minimum absolute atomic E-state index is 0.193. The Labute approximate surface area is 148 Å². The fraction of sp³-hybridized carbons (Fsp3) is 0.900. The van der Waals surface area contributed by atoms with Crippen LogP contribution >= 0.6 is 0 Å². The van der Waals surface area contributed by atoms with Crippen molar-refractivity contribution in [1.82, 2.24) is 0 Å². The van der Waals surface area contributed by atoms with Gasteiger partial charge >= 0.3 is 11.9 Å². The van der Waals surface area contributed by atoms with Crippen LogP contribution in [0.3, 0.4) is 0 Å². The van der Waals surface area contributed by atoms with Crippen LogP contribution in [-0.2, 0) is 19.1 Å². The highest BCUT2D eigenvalue weighted by molar-refractivity contribution is 6.00. The minimum atomic E-state index is -1.16. The van der Waals surface area contributed by atoms with E-state index in [1.54, 1.807) is 0 Å². The van der Waals surface area contributed by atoms with E-state index in [0.29, 0.717) is 19.4 Å². The lowest BCUT2D eigenvalue weighted by molar-refractivity contribution is -0.177. The third kappa shape index (κ3) is 6.82. The molecule has 0 aliphatic carbocycles. The number of unbranched alkanes of at least 4 members (excludes halogenated alkanes) is 4. The summed E-state index contributed by atoms with van der Waals surface area (Å²) in [4.78, 5) is 25.2. The molecule has 24 heavy (non-hydrogen) atoms. The first kappa shape index (κ1) is 22.9. The molecule has 0 radical (unpaired) electrons. The molecule has 2 atom stereocenters. The zero-order chi connectivity index (χ0) is 18.6. The van der Waals surface area contributed by atoms with Crippen LogP contribution < -0.4 is 0 Å². The van der Waals surface area contributed by atoms with E-state index in [4.69, 9.17) is 9.47 Å². The molecule has 2 unspecified atom stereocenters. The number of carbonyl (C=O) groups is 2. The molecule has 142 valence electrons. The van der Waals surface area contributed by atoms with E-state index in [1.165, 1.54) is 12.8 Å². The van der Waals surface area contributed by atoms with E-state index in [1.807, 2.05) is 27.7 Å². The molecule has 4 nitrogen and oxygen atoms in total. The summed E-state index contributed by atoms with van der Waals surface area (Å²) >= 11 is 0. The Kier molecular flexibility index (Phi) is 11.8. The first-order chi connectivity index (χ1) is 11.4. The number of hydrogen-bond acceptors (Lipinski definition) is 4. The topological polar surface area (TPSA) is 52.6 Å². The highest BCUT2D eigenvalue weighted by atomic mass is 16.6. The van der Waals surface area contributed by atoms with Crippen LogP contribution in [0, 0.1) is 11.3 Å². The first-order valence-corrected chi connectivity index (χ1v) is 9.77. The molecule has 0 aromatic rings. The summed E-state index contributed by atoms with van der Waals surface area (Å²) in [6.45, 7) is 12.3. The van der Waals surface area contributed by atoms with Crippen molar-refractivity contribution in [2.75, 3.05) is 6.61 Å². The Bertz CT molecular complexity index is 361. The third-order valence-corrected chi connectivity index (χ3v) is 5.21. The molecule has 0 N–H and O–H groups in total. The van der Waals surface area contributed by atoms with Crippen molar-refractivity contribution in [1.29, 1.82) is 0 Å². The Morgan fingerprint density at radius 2 is 1.46 bits per heavy atom. The second kappa shape index (κ2) is 12.3. The predicted octanol–water partition coefficient (Wildman–Crippen LogP) is 5.28. The van der Waals surface area contributed by atoms with Gasteiger partial charge in [0.1, 0.15) is 6.10 Å². The van der Waals surface area contributed by atoms with Crippen LogP contribution in [0.2, 0.25) is 0 Å². The largest absolute Gasteiger partial charge is 0.465 e. The average molecular weight is 343 g/mol. The number of carbonyl (C=O) groups excluding carboxylic acids is 2. The quantitative estimate of drug-likeness (QED) is 0.259. The maximum absolute atomic E-state index is 12.7. The molecule has 0 heterocycles. The molecular weight excluding hydrogens is 304 g/mol. The molecule has 4 heteroatoms.